The largest absolute Gasteiger partial charge is 0.478 e. The lowest BCUT2D eigenvalue weighted by Crippen LogP contribution is -2.04. The molecule has 0 saturated carbocycles. The highest BCUT2D eigenvalue weighted by Gasteiger charge is 2.09. The number of anilines is 1. The number of carboxylic acids is 1. The second-order valence-electron chi connectivity index (χ2n) is 3.27. The molecule has 0 saturated heterocycles. The van der Waals surface area contributed by atoms with Crippen molar-refractivity contribution in [1.29, 1.82) is 0 Å². The Morgan fingerprint density at radius 2 is 1.88 bits per heavy atom. The van der Waals surface area contributed by atoms with E-state index in [1.165, 1.54) is 0 Å². The van der Waals surface area contributed by atoms with Crippen molar-refractivity contribution in [2.45, 2.75) is 13.3 Å². The fourth-order valence-electron chi connectivity index (χ4n) is 1.20. The van der Waals surface area contributed by atoms with Gasteiger partial charge in [-0.15, -0.1) is 0 Å². The SMILES string of the molecule is CCc1c(N)cccc1C(=O)O.CS(=O)(=O)O. The van der Waals surface area contributed by atoms with Crippen LogP contribution in [0.2, 0.25) is 0 Å². The molecule has 0 aromatic heterocycles. The predicted octanol–water partition coefficient (Wildman–Crippen LogP) is 1.03. The molecule has 0 aliphatic rings. The fraction of sp³-hybridized carbons (Fsp3) is 0.300. The van der Waals surface area contributed by atoms with Crippen LogP contribution in [-0.2, 0) is 16.5 Å². The fourth-order valence-corrected chi connectivity index (χ4v) is 1.20. The van der Waals surface area contributed by atoms with Gasteiger partial charge in [0.2, 0.25) is 0 Å². The molecule has 1 rings (SSSR count). The van der Waals surface area contributed by atoms with E-state index in [0.29, 0.717) is 29.5 Å². The monoisotopic (exact) mass is 261 g/mol. The summed E-state index contributed by atoms with van der Waals surface area (Å²) in [5.41, 5.74) is 7.18. The molecule has 7 heteroatoms. The quantitative estimate of drug-likeness (QED) is 0.540. The number of hydrogen-bond acceptors (Lipinski definition) is 4. The first kappa shape index (κ1) is 15.4. The molecule has 0 radical (unpaired) electrons. The van der Waals surface area contributed by atoms with Gasteiger partial charge in [-0.05, 0) is 24.1 Å². The molecule has 0 aliphatic heterocycles. The smallest absolute Gasteiger partial charge is 0.336 e. The van der Waals surface area contributed by atoms with E-state index in [4.69, 9.17) is 15.4 Å². The second-order valence-corrected chi connectivity index (χ2v) is 4.73. The number of benzene rings is 1. The Bertz CT molecular complexity index is 487. The van der Waals surface area contributed by atoms with Crippen molar-refractivity contribution in [3.8, 4) is 0 Å². The molecule has 1 aromatic carbocycles. The van der Waals surface area contributed by atoms with E-state index in [1.807, 2.05) is 6.92 Å². The molecule has 0 aliphatic carbocycles. The molecule has 1 aromatic rings. The van der Waals surface area contributed by atoms with Gasteiger partial charge in [0.1, 0.15) is 0 Å². The summed E-state index contributed by atoms with van der Waals surface area (Å²) in [4.78, 5) is 10.7. The van der Waals surface area contributed by atoms with Crippen molar-refractivity contribution in [3.05, 3.63) is 29.3 Å². The third-order valence-corrected chi connectivity index (χ3v) is 1.80. The van der Waals surface area contributed by atoms with Crippen LogP contribution in [0.25, 0.3) is 0 Å². The maximum absolute atomic E-state index is 10.7. The third-order valence-electron chi connectivity index (χ3n) is 1.80. The zero-order valence-electron chi connectivity index (χ0n) is 9.54. The van der Waals surface area contributed by atoms with E-state index in [0.717, 1.165) is 0 Å². The standard InChI is InChI=1S/C9H11NO2.CH4O3S/c1-2-6-7(9(11)12)4-3-5-8(6)10;1-5(2,3)4/h3-5H,2,10H2,1H3,(H,11,12);1H3,(H,2,3,4). The van der Waals surface area contributed by atoms with Gasteiger partial charge in [-0.2, -0.15) is 8.42 Å². The lowest BCUT2D eigenvalue weighted by molar-refractivity contribution is 0.0696. The number of hydrogen-bond donors (Lipinski definition) is 3. The van der Waals surface area contributed by atoms with Crippen LogP contribution in [0, 0.1) is 0 Å². The first-order valence-corrected chi connectivity index (χ1v) is 6.54. The van der Waals surface area contributed by atoms with Gasteiger partial charge in [-0.1, -0.05) is 13.0 Å². The predicted molar refractivity (Wildman–Crippen MR) is 64.7 cm³/mol. The van der Waals surface area contributed by atoms with E-state index in [-0.39, 0.29) is 0 Å². The molecule has 96 valence electrons. The van der Waals surface area contributed by atoms with E-state index < -0.39 is 16.1 Å². The maximum atomic E-state index is 10.7. The van der Waals surface area contributed by atoms with Crippen LogP contribution >= 0.6 is 0 Å². The Morgan fingerprint density at radius 1 is 1.41 bits per heavy atom. The Hall–Kier alpha value is -1.60. The first-order valence-electron chi connectivity index (χ1n) is 4.70. The van der Waals surface area contributed by atoms with E-state index in [2.05, 4.69) is 0 Å². The van der Waals surface area contributed by atoms with Crippen molar-refractivity contribution >= 4 is 21.8 Å². The molecule has 0 heterocycles. The first-order chi connectivity index (χ1) is 7.66. The number of nitrogen functional groups attached to an aromatic ring is 1. The summed E-state index contributed by atoms with van der Waals surface area (Å²) in [6, 6.07) is 4.93. The number of aromatic carboxylic acids is 1. The van der Waals surface area contributed by atoms with Crippen LogP contribution in [-0.4, -0.2) is 30.3 Å². The summed E-state index contributed by atoms with van der Waals surface area (Å²) in [6.45, 7) is 1.89. The van der Waals surface area contributed by atoms with Gasteiger partial charge >= 0.3 is 5.97 Å². The van der Waals surface area contributed by atoms with Gasteiger partial charge < -0.3 is 10.8 Å². The zero-order chi connectivity index (χ0) is 13.6. The molecular formula is C10H15NO5S. The average molecular weight is 261 g/mol. The van der Waals surface area contributed by atoms with E-state index in [9.17, 15) is 13.2 Å². The minimum atomic E-state index is -3.67. The number of nitrogens with two attached hydrogens (primary N) is 1. The molecular weight excluding hydrogens is 246 g/mol. The zero-order valence-corrected chi connectivity index (χ0v) is 10.4. The summed E-state index contributed by atoms with van der Waals surface area (Å²) < 4.78 is 25.9. The van der Waals surface area contributed by atoms with Crippen LogP contribution in [0.15, 0.2) is 18.2 Å². The lowest BCUT2D eigenvalue weighted by Gasteiger charge is -2.05. The van der Waals surface area contributed by atoms with Crippen molar-refractivity contribution in [2.75, 3.05) is 12.0 Å². The Labute approximate surface area is 99.8 Å². The highest BCUT2D eigenvalue weighted by Crippen LogP contribution is 2.17. The molecule has 0 amide bonds. The van der Waals surface area contributed by atoms with Gasteiger partial charge in [-0.3, -0.25) is 4.55 Å². The van der Waals surface area contributed by atoms with Gasteiger partial charge in [0, 0.05) is 5.69 Å². The van der Waals surface area contributed by atoms with Crippen molar-refractivity contribution < 1.29 is 22.9 Å². The summed E-state index contributed by atoms with van der Waals surface area (Å²) in [5.74, 6) is -0.917. The minimum absolute atomic E-state index is 0.303. The molecule has 0 bridgehead atoms. The molecule has 0 fully saturated rings. The highest BCUT2D eigenvalue weighted by molar-refractivity contribution is 7.85. The van der Waals surface area contributed by atoms with Crippen LogP contribution in [0.3, 0.4) is 0 Å². The second kappa shape index (κ2) is 6.21. The highest BCUT2D eigenvalue weighted by atomic mass is 32.2. The van der Waals surface area contributed by atoms with Gasteiger partial charge in [0.15, 0.2) is 0 Å². The Balaban J connectivity index is 0.000000437. The Kier molecular flexibility index (Phi) is 5.63. The molecule has 0 atom stereocenters. The lowest BCUT2D eigenvalue weighted by atomic mass is 10.0. The van der Waals surface area contributed by atoms with Crippen LogP contribution in [0.5, 0.6) is 0 Å². The van der Waals surface area contributed by atoms with Crippen LogP contribution in [0.1, 0.15) is 22.8 Å². The normalized spacial score (nSPS) is 10.3. The van der Waals surface area contributed by atoms with E-state index in [1.54, 1.807) is 18.2 Å². The molecule has 4 N–H and O–H groups in total. The van der Waals surface area contributed by atoms with Gasteiger partial charge in [-0.25, -0.2) is 4.79 Å². The number of carboxylic acid groups (broad SMARTS) is 1. The summed E-state index contributed by atoms with van der Waals surface area (Å²) >= 11 is 0. The summed E-state index contributed by atoms with van der Waals surface area (Å²) in [5, 5.41) is 8.77. The van der Waals surface area contributed by atoms with Crippen molar-refractivity contribution in [3.63, 3.8) is 0 Å². The molecule has 0 unspecified atom stereocenters. The molecule has 17 heavy (non-hydrogen) atoms. The van der Waals surface area contributed by atoms with Gasteiger partial charge in [0.25, 0.3) is 10.1 Å². The summed E-state index contributed by atoms with van der Waals surface area (Å²) in [7, 11) is -3.67. The maximum Gasteiger partial charge on any atom is 0.336 e. The van der Waals surface area contributed by atoms with Crippen molar-refractivity contribution in [2.24, 2.45) is 0 Å². The van der Waals surface area contributed by atoms with E-state index >= 15 is 0 Å². The number of rotatable bonds is 2. The average Bonchev–Trinajstić information content (AvgIpc) is 2.14. The molecule has 0 spiro atoms. The minimum Gasteiger partial charge on any atom is -0.478 e. The van der Waals surface area contributed by atoms with Crippen LogP contribution < -0.4 is 5.73 Å². The van der Waals surface area contributed by atoms with Crippen LogP contribution in [0.4, 0.5) is 5.69 Å². The third kappa shape index (κ3) is 6.54. The Morgan fingerprint density at radius 3 is 2.18 bits per heavy atom. The number of carbonyl (C=O) groups is 1. The summed E-state index contributed by atoms with van der Waals surface area (Å²) in [6.07, 6.45) is 1.36. The topological polar surface area (TPSA) is 118 Å². The van der Waals surface area contributed by atoms with Gasteiger partial charge in [0.05, 0.1) is 11.8 Å². The van der Waals surface area contributed by atoms with Crippen molar-refractivity contribution in [1.82, 2.24) is 0 Å². The molecule has 6 nitrogen and oxygen atoms in total.